The lowest BCUT2D eigenvalue weighted by Gasteiger charge is -1.81. The van der Waals surface area contributed by atoms with Crippen LogP contribution in [0.1, 0.15) is 12.6 Å². The van der Waals surface area contributed by atoms with Crippen LogP contribution in [0, 0.1) is 0 Å². The fourth-order valence-corrected chi connectivity index (χ4v) is 0.685. The predicted molar refractivity (Wildman–Crippen MR) is 41.3 cm³/mol. The van der Waals surface area contributed by atoms with Gasteiger partial charge < -0.3 is 4.57 Å². The van der Waals surface area contributed by atoms with Crippen LogP contribution in [-0.2, 0) is 7.05 Å². The molecule has 0 aliphatic rings. The van der Waals surface area contributed by atoms with Crippen molar-refractivity contribution in [2.75, 3.05) is 6.54 Å². The van der Waals surface area contributed by atoms with Crippen LogP contribution < -0.4 is 0 Å². The molecular weight excluding hydrogens is 126 g/mol. The summed E-state index contributed by atoms with van der Waals surface area (Å²) in [7, 11) is 1.94. The first-order valence-electron chi connectivity index (χ1n) is 3.30. The van der Waals surface area contributed by atoms with Gasteiger partial charge in [0.25, 0.3) is 0 Å². The summed E-state index contributed by atoms with van der Waals surface area (Å²) in [6.45, 7) is 2.82. The lowest BCUT2D eigenvalue weighted by atomic mass is 10.5. The Morgan fingerprint density at radius 2 is 2.60 bits per heavy atom. The summed E-state index contributed by atoms with van der Waals surface area (Å²) in [6.07, 6.45) is 5.47. The third-order valence-electron chi connectivity index (χ3n) is 1.13. The zero-order valence-electron chi connectivity index (χ0n) is 6.28. The van der Waals surface area contributed by atoms with Crippen LogP contribution in [0.25, 0.3) is 0 Å². The van der Waals surface area contributed by atoms with Crippen molar-refractivity contribution in [1.29, 1.82) is 0 Å². The molecule has 1 aromatic rings. The Bertz CT molecular complexity index is 225. The topological polar surface area (TPSA) is 30.2 Å². The minimum Gasteiger partial charge on any atom is -0.340 e. The van der Waals surface area contributed by atoms with Gasteiger partial charge in [-0.3, -0.25) is 4.99 Å². The molecule has 0 spiro atoms. The molecule has 0 N–H and O–H groups in total. The molecule has 3 nitrogen and oxygen atoms in total. The summed E-state index contributed by atoms with van der Waals surface area (Å²) >= 11 is 0. The SMILES string of the molecule is CCN=Cc1cn(C)cn1. The fraction of sp³-hybridized carbons (Fsp3) is 0.429. The molecule has 0 aromatic carbocycles. The van der Waals surface area contributed by atoms with Crippen molar-refractivity contribution < 1.29 is 0 Å². The zero-order valence-corrected chi connectivity index (χ0v) is 6.28. The Morgan fingerprint density at radius 1 is 1.80 bits per heavy atom. The minimum atomic E-state index is 0.816. The summed E-state index contributed by atoms with van der Waals surface area (Å²) in [5.74, 6) is 0. The lowest BCUT2D eigenvalue weighted by molar-refractivity contribution is 0.913. The monoisotopic (exact) mass is 137 g/mol. The van der Waals surface area contributed by atoms with Crippen molar-refractivity contribution in [3.8, 4) is 0 Å². The van der Waals surface area contributed by atoms with Gasteiger partial charge >= 0.3 is 0 Å². The number of nitrogens with zero attached hydrogens (tertiary/aromatic N) is 3. The van der Waals surface area contributed by atoms with Gasteiger partial charge in [0, 0.05) is 26.0 Å². The zero-order chi connectivity index (χ0) is 7.40. The molecule has 0 unspecified atom stereocenters. The summed E-state index contributed by atoms with van der Waals surface area (Å²) in [5.41, 5.74) is 0.921. The quantitative estimate of drug-likeness (QED) is 0.556. The molecule has 1 rings (SSSR count). The molecular formula is C7H11N3. The molecule has 0 saturated carbocycles. The maximum atomic E-state index is 4.07. The van der Waals surface area contributed by atoms with Crippen molar-refractivity contribution in [3.05, 3.63) is 18.2 Å². The molecule has 54 valence electrons. The first kappa shape index (κ1) is 6.99. The maximum absolute atomic E-state index is 4.07. The standard InChI is InChI=1S/C7H11N3/c1-3-8-4-7-5-10(2)6-9-7/h4-6H,3H2,1-2H3. The first-order valence-corrected chi connectivity index (χ1v) is 3.30. The number of aromatic nitrogens is 2. The number of aliphatic imine (C=N–C) groups is 1. The second-order valence-electron chi connectivity index (χ2n) is 2.09. The molecule has 0 saturated heterocycles. The summed E-state index contributed by atoms with van der Waals surface area (Å²) in [6, 6.07) is 0. The molecule has 0 atom stereocenters. The average molecular weight is 137 g/mol. The van der Waals surface area contributed by atoms with Crippen LogP contribution in [-0.4, -0.2) is 22.3 Å². The number of aryl methyl sites for hydroxylation is 1. The predicted octanol–water partition coefficient (Wildman–Crippen LogP) is 0.859. The Labute approximate surface area is 60.4 Å². The van der Waals surface area contributed by atoms with Crippen LogP contribution in [0.15, 0.2) is 17.5 Å². The molecule has 0 bridgehead atoms. The van der Waals surface area contributed by atoms with Gasteiger partial charge in [-0.1, -0.05) is 0 Å². The van der Waals surface area contributed by atoms with Crippen LogP contribution in [0.5, 0.6) is 0 Å². The van der Waals surface area contributed by atoms with Crippen molar-refractivity contribution in [3.63, 3.8) is 0 Å². The third-order valence-corrected chi connectivity index (χ3v) is 1.13. The van der Waals surface area contributed by atoms with E-state index in [4.69, 9.17) is 0 Å². The smallest absolute Gasteiger partial charge is 0.0987 e. The van der Waals surface area contributed by atoms with Crippen molar-refractivity contribution in [2.45, 2.75) is 6.92 Å². The number of rotatable bonds is 2. The van der Waals surface area contributed by atoms with Gasteiger partial charge in [-0.05, 0) is 6.92 Å². The van der Waals surface area contributed by atoms with E-state index in [2.05, 4.69) is 9.98 Å². The lowest BCUT2D eigenvalue weighted by Crippen LogP contribution is -1.81. The molecule has 3 heteroatoms. The molecule has 0 aliphatic heterocycles. The van der Waals surface area contributed by atoms with Crippen molar-refractivity contribution >= 4 is 6.21 Å². The average Bonchev–Trinajstić information content (AvgIpc) is 2.31. The number of imidazole rings is 1. The molecule has 1 heterocycles. The molecule has 0 radical (unpaired) electrons. The Hall–Kier alpha value is -1.12. The van der Waals surface area contributed by atoms with Crippen LogP contribution in [0.4, 0.5) is 0 Å². The summed E-state index contributed by atoms with van der Waals surface area (Å²) < 4.78 is 1.90. The van der Waals surface area contributed by atoms with E-state index in [1.165, 1.54) is 0 Å². The van der Waals surface area contributed by atoms with Crippen LogP contribution >= 0.6 is 0 Å². The second-order valence-corrected chi connectivity index (χ2v) is 2.09. The highest BCUT2D eigenvalue weighted by Crippen LogP contribution is 1.88. The largest absolute Gasteiger partial charge is 0.340 e. The highest BCUT2D eigenvalue weighted by molar-refractivity contribution is 5.76. The Kier molecular flexibility index (Phi) is 2.20. The van der Waals surface area contributed by atoms with Crippen molar-refractivity contribution in [1.82, 2.24) is 9.55 Å². The van der Waals surface area contributed by atoms with E-state index in [-0.39, 0.29) is 0 Å². The summed E-state index contributed by atoms with van der Waals surface area (Å²) in [4.78, 5) is 8.12. The van der Waals surface area contributed by atoms with Gasteiger partial charge in [0.2, 0.25) is 0 Å². The molecule has 1 aromatic heterocycles. The highest BCUT2D eigenvalue weighted by atomic mass is 15.0. The van der Waals surface area contributed by atoms with E-state index in [1.54, 1.807) is 12.5 Å². The Morgan fingerprint density at radius 3 is 3.10 bits per heavy atom. The van der Waals surface area contributed by atoms with Gasteiger partial charge in [-0.2, -0.15) is 0 Å². The molecule has 0 amide bonds. The maximum Gasteiger partial charge on any atom is 0.0987 e. The van der Waals surface area contributed by atoms with E-state index in [0.717, 1.165) is 12.2 Å². The van der Waals surface area contributed by atoms with E-state index in [1.807, 2.05) is 24.7 Å². The van der Waals surface area contributed by atoms with E-state index in [9.17, 15) is 0 Å². The van der Waals surface area contributed by atoms with Gasteiger partial charge in [-0.15, -0.1) is 0 Å². The number of hydrogen-bond donors (Lipinski definition) is 0. The van der Waals surface area contributed by atoms with Gasteiger partial charge in [0.1, 0.15) is 0 Å². The van der Waals surface area contributed by atoms with Crippen LogP contribution in [0.2, 0.25) is 0 Å². The van der Waals surface area contributed by atoms with Crippen LogP contribution in [0.3, 0.4) is 0 Å². The van der Waals surface area contributed by atoms with Gasteiger partial charge in [0.15, 0.2) is 0 Å². The highest BCUT2D eigenvalue weighted by Gasteiger charge is 1.88. The summed E-state index contributed by atoms with van der Waals surface area (Å²) in [5, 5.41) is 0. The van der Waals surface area contributed by atoms with E-state index >= 15 is 0 Å². The minimum absolute atomic E-state index is 0.816. The fourth-order valence-electron chi connectivity index (χ4n) is 0.685. The third kappa shape index (κ3) is 1.69. The molecule has 0 aliphatic carbocycles. The molecule has 10 heavy (non-hydrogen) atoms. The van der Waals surface area contributed by atoms with Crippen molar-refractivity contribution in [2.24, 2.45) is 12.0 Å². The first-order chi connectivity index (χ1) is 4.83. The van der Waals surface area contributed by atoms with Gasteiger partial charge in [0.05, 0.1) is 12.0 Å². The van der Waals surface area contributed by atoms with E-state index < -0.39 is 0 Å². The second kappa shape index (κ2) is 3.15. The molecule has 0 fully saturated rings. The Balaban J connectivity index is 2.67. The van der Waals surface area contributed by atoms with E-state index in [0.29, 0.717) is 0 Å². The number of hydrogen-bond acceptors (Lipinski definition) is 2. The normalized spacial score (nSPS) is 11.0. The van der Waals surface area contributed by atoms with Gasteiger partial charge in [-0.25, -0.2) is 4.98 Å².